The second-order valence-corrected chi connectivity index (χ2v) is 4.16. The van der Waals surface area contributed by atoms with Crippen LogP contribution in [0.15, 0.2) is 24.3 Å². The molecule has 1 rings (SSSR count). The van der Waals surface area contributed by atoms with Gasteiger partial charge in [-0.25, -0.2) is 0 Å². The van der Waals surface area contributed by atoms with Crippen LogP contribution in [-0.4, -0.2) is 38.6 Å². The molecule has 2 amide bonds. The van der Waals surface area contributed by atoms with Crippen molar-refractivity contribution in [1.82, 2.24) is 10.6 Å². The first kappa shape index (κ1) is 16.0. The third-order valence-electron chi connectivity index (χ3n) is 2.54. The van der Waals surface area contributed by atoms with Crippen LogP contribution in [0.3, 0.4) is 0 Å². The van der Waals surface area contributed by atoms with Gasteiger partial charge < -0.3 is 20.7 Å². The van der Waals surface area contributed by atoms with Crippen LogP contribution in [0.5, 0.6) is 5.75 Å². The predicted molar refractivity (Wildman–Crippen MR) is 77.8 cm³/mol. The molecule has 6 nitrogen and oxygen atoms in total. The van der Waals surface area contributed by atoms with Gasteiger partial charge in [0.15, 0.2) is 0 Å². The molecule has 0 saturated carbocycles. The lowest BCUT2D eigenvalue weighted by Gasteiger charge is -2.08. The van der Waals surface area contributed by atoms with Gasteiger partial charge in [-0.3, -0.25) is 9.59 Å². The van der Waals surface area contributed by atoms with E-state index in [1.54, 1.807) is 31.4 Å². The van der Waals surface area contributed by atoms with Crippen LogP contribution in [-0.2, 0) is 9.59 Å². The molecule has 0 spiro atoms. The molecule has 0 aliphatic carbocycles. The Morgan fingerprint density at radius 1 is 1.25 bits per heavy atom. The molecule has 0 fully saturated rings. The highest BCUT2D eigenvalue weighted by atomic mass is 16.5. The molecule has 1 aromatic rings. The summed E-state index contributed by atoms with van der Waals surface area (Å²) in [6.45, 7) is 3.12. The minimum absolute atomic E-state index is 0.0202. The van der Waals surface area contributed by atoms with Crippen LogP contribution in [0.4, 0.5) is 5.69 Å². The summed E-state index contributed by atoms with van der Waals surface area (Å²) in [6.07, 6.45) is 0.361. The Morgan fingerprint density at radius 3 is 2.75 bits per heavy atom. The number of carbonyl (C=O) groups excluding carboxylic acids is 2. The highest BCUT2D eigenvalue weighted by molar-refractivity contribution is 5.92. The smallest absolute Gasteiger partial charge is 0.238 e. The van der Waals surface area contributed by atoms with E-state index in [1.165, 1.54) is 0 Å². The van der Waals surface area contributed by atoms with Crippen LogP contribution in [0, 0.1) is 0 Å². The third-order valence-corrected chi connectivity index (χ3v) is 2.54. The summed E-state index contributed by atoms with van der Waals surface area (Å²) in [5.74, 6) is 0.509. The summed E-state index contributed by atoms with van der Waals surface area (Å²) in [7, 11) is 1.57. The van der Waals surface area contributed by atoms with Crippen LogP contribution in [0.1, 0.15) is 13.3 Å². The zero-order valence-electron chi connectivity index (χ0n) is 11.9. The van der Waals surface area contributed by atoms with Gasteiger partial charge in [0.1, 0.15) is 5.75 Å². The van der Waals surface area contributed by atoms with Gasteiger partial charge in [0.05, 0.1) is 13.7 Å². The van der Waals surface area contributed by atoms with Crippen molar-refractivity contribution in [2.24, 2.45) is 0 Å². The quantitative estimate of drug-likeness (QED) is 0.614. The molecule has 0 saturated heterocycles. The number of hydrogen-bond acceptors (Lipinski definition) is 4. The summed E-state index contributed by atoms with van der Waals surface area (Å²) in [6, 6.07) is 7.14. The Balaban J connectivity index is 2.24. The van der Waals surface area contributed by atoms with Crippen molar-refractivity contribution in [3.8, 4) is 5.75 Å². The zero-order chi connectivity index (χ0) is 14.8. The zero-order valence-corrected chi connectivity index (χ0v) is 11.9. The maximum Gasteiger partial charge on any atom is 0.238 e. The van der Waals surface area contributed by atoms with Gasteiger partial charge in [0.25, 0.3) is 0 Å². The maximum absolute atomic E-state index is 11.7. The molecule has 0 aliphatic heterocycles. The molecule has 6 heteroatoms. The molecule has 0 radical (unpaired) electrons. The highest BCUT2D eigenvalue weighted by Crippen LogP contribution is 2.16. The fourth-order valence-corrected chi connectivity index (χ4v) is 1.60. The number of benzene rings is 1. The average Bonchev–Trinajstić information content (AvgIpc) is 2.44. The van der Waals surface area contributed by atoms with E-state index < -0.39 is 0 Å². The van der Waals surface area contributed by atoms with Crippen LogP contribution in [0.2, 0.25) is 0 Å². The fraction of sp³-hybridized carbons (Fsp3) is 0.429. The summed E-state index contributed by atoms with van der Waals surface area (Å²) in [4.78, 5) is 22.9. The Kier molecular flexibility index (Phi) is 7.13. The van der Waals surface area contributed by atoms with E-state index >= 15 is 0 Å². The molecule has 110 valence electrons. The van der Waals surface area contributed by atoms with E-state index in [2.05, 4.69) is 16.0 Å². The van der Waals surface area contributed by atoms with Crippen LogP contribution in [0.25, 0.3) is 0 Å². The largest absolute Gasteiger partial charge is 0.497 e. The SMILES string of the molecule is CCNC(=O)CCNCC(=O)Nc1cccc(OC)c1. The number of methoxy groups -OCH3 is 1. The van der Waals surface area contributed by atoms with Crippen molar-refractivity contribution in [3.63, 3.8) is 0 Å². The number of carbonyl (C=O) groups is 2. The number of nitrogens with one attached hydrogen (secondary N) is 3. The van der Waals surface area contributed by atoms with Crippen molar-refractivity contribution in [1.29, 1.82) is 0 Å². The van der Waals surface area contributed by atoms with Crippen molar-refractivity contribution >= 4 is 17.5 Å². The molecule has 20 heavy (non-hydrogen) atoms. The van der Waals surface area contributed by atoms with Crippen LogP contribution >= 0.6 is 0 Å². The molecule has 1 aromatic carbocycles. The van der Waals surface area contributed by atoms with Gasteiger partial charge in [-0.15, -0.1) is 0 Å². The number of rotatable bonds is 8. The summed E-state index contributed by atoms with van der Waals surface area (Å²) in [5, 5.41) is 8.36. The first-order valence-corrected chi connectivity index (χ1v) is 6.57. The lowest BCUT2D eigenvalue weighted by molar-refractivity contribution is -0.121. The molecule has 0 heterocycles. The summed E-state index contributed by atoms with van der Waals surface area (Å²) < 4.78 is 5.07. The van der Waals surface area contributed by atoms with Gasteiger partial charge >= 0.3 is 0 Å². The molecular formula is C14H21N3O3. The fourth-order valence-electron chi connectivity index (χ4n) is 1.60. The van der Waals surface area contributed by atoms with E-state index in [4.69, 9.17) is 4.74 Å². The molecule has 0 aromatic heterocycles. The van der Waals surface area contributed by atoms with Crippen molar-refractivity contribution < 1.29 is 14.3 Å². The molecule has 0 unspecified atom stereocenters. The van der Waals surface area contributed by atoms with E-state index in [0.717, 1.165) is 0 Å². The number of hydrogen-bond donors (Lipinski definition) is 3. The van der Waals surface area contributed by atoms with Gasteiger partial charge in [-0.05, 0) is 19.1 Å². The Hall–Kier alpha value is -2.08. The van der Waals surface area contributed by atoms with Crippen LogP contribution < -0.4 is 20.7 Å². The normalized spacial score (nSPS) is 9.90. The van der Waals surface area contributed by atoms with Gasteiger partial charge in [0.2, 0.25) is 11.8 Å². The van der Waals surface area contributed by atoms with E-state index in [9.17, 15) is 9.59 Å². The second-order valence-electron chi connectivity index (χ2n) is 4.16. The van der Waals surface area contributed by atoms with Gasteiger partial charge in [-0.2, -0.15) is 0 Å². The molecule has 0 bridgehead atoms. The Labute approximate surface area is 118 Å². The lowest BCUT2D eigenvalue weighted by atomic mass is 10.3. The predicted octanol–water partition coefficient (Wildman–Crippen LogP) is 0.749. The van der Waals surface area contributed by atoms with E-state index in [1.807, 2.05) is 6.92 Å². The first-order valence-electron chi connectivity index (χ1n) is 6.57. The topological polar surface area (TPSA) is 79.5 Å². The maximum atomic E-state index is 11.7. The molecule has 3 N–H and O–H groups in total. The highest BCUT2D eigenvalue weighted by Gasteiger charge is 2.04. The Morgan fingerprint density at radius 2 is 2.05 bits per heavy atom. The third kappa shape index (κ3) is 6.19. The lowest BCUT2D eigenvalue weighted by Crippen LogP contribution is -2.32. The number of ether oxygens (including phenoxy) is 1. The van der Waals surface area contributed by atoms with Crippen molar-refractivity contribution in [3.05, 3.63) is 24.3 Å². The standard InChI is InChI=1S/C14H21N3O3/c1-3-16-13(18)7-8-15-10-14(19)17-11-5-4-6-12(9-11)20-2/h4-6,9,15H,3,7-8,10H2,1-2H3,(H,16,18)(H,17,19). The van der Waals surface area contributed by atoms with Crippen molar-refractivity contribution in [2.45, 2.75) is 13.3 Å². The monoisotopic (exact) mass is 279 g/mol. The Bertz CT molecular complexity index is 449. The van der Waals surface area contributed by atoms with Gasteiger partial charge in [0, 0.05) is 31.3 Å². The number of amides is 2. The molecule has 0 aliphatic rings. The first-order chi connectivity index (χ1) is 9.65. The summed E-state index contributed by atoms with van der Waals surface area (Å²) >= 11 is 0. The second kappa shape index (κ2) is 8.92. The van der Waals surface area contributed by atoms with Crippen molar-refractivity contribution in [2.75, 3.05) is 32.1 Å². The minimum Gasteiger partial charge on any atom is -0.497 e. The van der Waals surface area contributed by atoms with Gasteiger partial charge in [-0.1, -0.05) is 6.07 Å². The van der Waals surface area contributed by atoms with E-state index in [-0.39, 0.29) is 18.4 Å². The molecule has 0 atom stereocenters. The average molecular weight is 279 g/mol. The molecular weight excluding hydrogens is 258 g/mol. The number of anilines is 1. The summed E-state index contributed by atoms with van der Waals surface area (Å²) in [5.41, 5.74) is 0.680. The minimum atomic E-state index is -0.158. The van der Waals surface area contributed by atoms with E-state index in [0.29, 0.717) is 30.9 Å².